The van der Waals surface area contributed by atoms with Gasteiger partial charge in [0.25, 0.3) is 0 Å². The number of fused-ring (bicyclic) bond motifs is 1. The Morgan fingerprint density at radius 2 is 1.88 bits per heavy atom. The lowest BCUT2D eigenvalue weighted by Crippen LogP contribution is -2.45. The Morgan fingerprint density at radius 3 is 2.62 bits per heavy atom. The number of rotatable bonds is 4. The van der Waals surface area contributed by atoms with Crippen LogP contribution in [0.5, 0.6) is 0 Å². The van der Waals surface area contributed by atoms with Crippen LogP contribution in [-0.4, -0.2) is 45.6 Å². The first-order chi connectivity index (χ1) is 12.5. The van der Waals surface area contributed by atoms with E-state index in [4.69, 9.17) is 4.98 Å². The zero-order valence-corrected chi connectivity index (χ0v) is 16.6. The number of aromatic nitrogens is 1. The van der Waals surface area contributed by atoms with Crippen LogP contribution in [0.3, 0.4) is 0 Å². The molecule has 140 valence electrons. The maximum Gasteiger partial charge on any atom is 0.110 e. The molecule has 0 amide bonds. The summed E-state index contributed by atoms with van der Waals surface area (Å²) in [7, 11) is 0. The number of hydrogen-bond donors (Lipinski definition) is 1. The number of thiazole rings is 1. The summed E-state index contributed by atoms with van der Waals surface area (Å²) < 4.78 is 0. The van der Waals surface area contributed by atoms with Crippen molar-refractivity contribution in [3.63, 3.8) is 0 Å². The predicted molar refractivity (Wildman–Crippen MR) is 106 cm³/mol. The van der Waals surface area contributed by atoms with Gasteiger partial charge in [-0.25, -0.2) is 4.98 Å². The zero-order valence-electron chi connectivity index (χ0n) is 15.8. The van der Waals surface area contributed by atoms with Crippen LogP contribution in [0.1, 0.15) is 48.5 Å². The van der Waals surface area contributed by atoms with E-state index >= 15 is 0 Å². The first-order valence-electron chi connectivity index (χ1n) is 9.74. The minimum atomic E-state index is -0.741. The summed E-state index contributed by atoms with van der Waals surface area (Å²) >= 11 is 1.70. The molecule has 5 heteroatoms. The fourth-order valence-corrected chi connectivity index (χ4v) is 5.07. The molecule has 1 saturated heterocycles. The molecule has 4 nitrogen and oxygen atoms in total. The van der Waals surface area contributed by atoms with E-state index in [1.807, 2.05) is 0 Å². The second-order valence-corrected chi connectivity index (χ2v) is 8.96. The highest BCUT2D eigenvalue weighted by Gasteiger charge is 2.36. The van der Waals surface area contributed by atoms with Gasteiger partial charge in [0.1, 0.15) is 10.6 Å². The molecule has 1 aromatic heterocycles. The molecule has 0 bridgehead atoms. The van der Waals surface area contributed by atoms with Gasteiger partial charge in [-0.3, -0.25) is 4.90 Å². The van der Waals surface area contributed by atoms with Gasteiger partial charge in [0.2, 0.25) is 0 Å². The van der Waals surface area contributed by atoms with E-state index in [9.17, 15) is 5.11 Å². The zero-order chi connectivity index (χ0) is 18.1. The molecule has 0 atom stereocenters. The van der Waals surface area contributed by atoms with Crippen molar-refractivity contribution in [2.24, 2.45) is 0 Å². The smallest absolute Gasteiger partial charge is 0.110 e. The molecule has 2 aromatic rings. The molecule has 2 aliphatic rings. The van der Waals surface area contributed by atoms with Crippen LogP contribution >= 0.6 is 11.3 Å². The third-order valence-electron chi connectivity index (χ3n) is 5.95. The van der Waals surface area contributed by atoms with E-state index in [-0.39, 0.29) is 0 Å². The lowest BCUT2D eigenvalue weighted by Gasteiger charge is -2.39. The average Bonchev–Trinajstić information content (AvgIpc) is 3.11. The van der Waals surface area contributed by atoms with Crippen LogP contribution in [0.2, 0.25) is 0 Å². The maximum atomic E-state index is 11.1. The Balaban J connectivity index is 1.40. The van der Waals surface area contributed by atoms with Crippen molar-refractivity contribution in [1.82, 2.24) is 14.8 Å². The molecule has 1 aromatic carbocycles. The van der Waals surface area contributed by atoms with Gasteiger partial charge in [-0.15, -0.1) is 11.3 Å². The quantitative estimate of drug-likeness (QED) is 0.894. The Morgan fingerprint density at radius 1 is 1.15 bits per heavy atom. The maximum absolute atomic E-state index is 11.1. The van der Waals surface area contributed by atoms with Gasteiger partial charge >= 0.3 is 0 Å². The Kier molecular flexibility index (Phi) is 5.15. The molecule has 0 aliphatic carbocycles. The van der Waals surface area contributed by atoms with E-state index in [1.165, 1.54) is 11.1 Å². The third kappa shape index (κ3) is 3.72. The first-order valence-corrected chi connectivity index (χ1v) is 10.6. The van der Waals surface area contributed by atoms with Crippen molar-refractivity contribution in [2.75, 3.05) is 19.6 Å². The molecular formula is C21H29N3OS. The summed E-state index contributed by atoms with van der Waals surface area (Å²) in [6.07, 6.45) is 2.68. The van der Waals surface area contributed by atoms with E-state index in [0.717, 1.165) is 62.7 Å². The molecule has 1 N–H and O–H groups in total. The second-order valence-electron chi connectivity index (χ2n) is 8.02. The number of benzene rings is 1. The lowest BCUT2D eigenvalue weighted by molar-refractivity contribution is -0.0353. The molecule has 0 spiro atoms. The summed E-state index contributed by atoms with van der Waals surface area (Å²) in [6.45, 7) is 9.31. The number of piperidine rings is 1. The topological polar surface area (TPSA) is 39.6 Å². The first kappa shape index (κ1) is 18.1. The van der Waals surface area contributed by atoms with E-state index in [0.29, 0.717) is 6.04 Å². The monoisotopic (exact) mass is 371 g/mol. The van der Waals surface area contributed by atoms with Crippen molar-refractivity contribution < 1.29 is 5.11 Å². The summed E-state index contributed by atoms with van der Waals surface area (Å²) in [5.41, 5.74) is 3.07. The standard InChI is InChI=1S/C21H29N3OS/c1-16(2)24-11-8-21(25,9-12-24)19-15-26-20(22-19)14-23-10-7-17-5-3-4-6-18(17)13-23/h3-6,15-16,25H,7-14H2,1-2H3. The highest BCUT2D eigenvalue weighted by atomic mass is 32.1. The minimum Gasteiger partial charge on any atom is -0.383 e. The number of hydrogen-bond acceptors (Lipinski definition) is 5. The van der Waals surface area contributed by atoms with Gasteiger partial charge in [-0.1, -0.05) is 24.3 Å². The SMILES string of the molecule is CC(C)N1CCC(O)(c2csc(CN3CCc4ccccc4C3)n2)CC1. The van der Waals surface area contributed by atoms with Crippen LogP contribution < -0.4 is 0 Å². The summed E-state index contributed by atoms with van der Waals surface area (Å²) in [5, 5.41) is 14.3. The fraction of sp³-hybridized carbons (Fsp3) is 0.571. The largest absolute Gasteiger partial charge is 0.383 e. The molecule has 0 unspecified atom stereocenters. The molecule has 4 rings (SSSR count). The van der Waals surface area contributed by atoms with Gasteiger partial charge in [-0.05, 0) is 44.2 Å². The van der Waals surface area contributed by atoms with Gasteiger partial charge < -0.3 is 10.0 Å². The van der Waals surface area contributed by atoms with Crippen LogP contribution in [0.15, 0.2) is 29.6 Å². The van der Waals surface area contributed by atoms with Crippen LogP contribution in [-0.2, 0) is 25.1 Å². The van der Waals surface area contributed by atoms with Crippen LogP contribution in [0.4, 0.5) is 0 Å². The highest BCUT2D eigenvalue weighted by molar-refractivity contribution is 7.09. The predicted octanol–water partition coefficient (Wildman–Crippen LogP) is 3.39. The number of likely N-dealkylation sites (tertiary alicyclic amines) is 1. The second kappa shape index (κ2) is 7.39. The minimum absolute atomic E-state index is 0.549. The highest BCUT2D eigenvalue weighted by Crippen LogP contribution is 2.34. The van der Waals surface area contributed by atoms with Gasteiger partial charge in [0, 0.05) is 37.6 Å². The third-order valence-corrected chi connectivity index (χ3v) is 6.79. The molecule has 0 radical (unpaired) electrons. The molecule has 3 heterocycles. The summed E-state index contributed by atoms with van der Waals surface area (Å²) in [4.78, 5) is 9.74. The van der Waals surface area contributed by atoms with E-state index < -0.39 is 5.60 Å². The van der Waals surface area contributed by atoms with Crippen LogP contribution in [0.25, 0.3) is 0 Å². The normalized spacial score (nSPS) is 21.1. The van der Waals surface area contributed by atoms with Crippen molar-refractivity contribution in [1.29, 1.82) is 0 Å². The summed E-state index contributed by atoms with van der Waals surface area (Å²) in [6, 6.07) is 9.29. The molecule has 26 heavy (non-hydrogen) atoms. The number of nitrogens with zero attached hydrogens (tertiary/aromatic N) is 3. The average molecular weight is 372 g/mol. The van der Waals surface area contributed by atoms with Gasteiger partial charge in [0.05, 0.1) is 12.2 Å². The molecule has 0 saturated carbocycles. The van der Waals surface area contributed by atoms with Crippen molar-refractivity contribution in [3.05, 3.63) is 51.5 Å². The molecular weight excluding hydrogens is 342 g/mol. The van der Waals surface area contributed by atoms with Crippen molar-refractivity contribution in [2.45, 2.75) is 57.8 Å². The number of aliphatic hydroxyl groups is 1. The Bertz CT molecular complexity index is 749. The molecule has 2 aliphatic heterocycles. The Labute approximate surface area is 160 Å². The van der Waals surface area contributed by atoms with Crippen molar-refractivity contribution >= 4 is 11.3 Å². The van der Waals surface area contributed by atoms with E-state index in [1.54, 1.807) is 11.3 Å². The van der Waals surface area contributed by atoms with Gasteiger partial charge in [0.15, 0.2) is 0 Å². The fourth-order valence-electron chi connectivity index (χ4n) is 4.14. The summed E-state index contributed by atoms with van der Waals surface area (Å²) in [5.74, 6) is 0. The van der Waals surface area contributed by atoms with Gasteiger partial charge in [-0.2, -0.15) is 0 Å². The Hall–Kier alpha value is -1.27. The van der Waals surface area contributed by atoms with Crippen molar-refractivity contribution in [3.8, 4) is 0 Å². The lowest BCUT2D eigenvalue weighted by atomic mass is 9.88. The van der Waals surface area contributed by atoms with Crippen LogP contribution in [0, 0.1) is 0 Å². The molecule has 1 fully saturated rings. The van der Waals surface area contributed by atoms with E-state index in [2.05, 4.69) is 53.3 Å².